The summed E-state index contributed by atoms with van der Waals surface area (Å²) in [4.78, 5) is 19.6. The molecule has 26 heavy (non-hydrogen) atoms. The van der Waals surface area contributed by atoms with Crippen molar-refractivity contribution >= 4 is 28.1 Å². The SMILES string of the molecule is CN1C2CCC1CC(NC(=O)c1n[nH]c3cc(-c4nccs4)ccc13)C2. The Labute approximate surface area is 155 Å². The summed E-state index contributed by atoms with van der Waals surface area (Å²) in [5.74, 6) is -0.0767. The zero-order valence-corrected chi connectivity index (χ0v) is 15.4. The van der Waals surface area contributed by atoms with E-state index in [0.717, 1.165) is 34.3 Å². The van der Waals surface area contributed by atoms with Gasteiger partial charge in [0.25, 0.3) is 5.91 Å². The highest BCUT2D eigenvalue weighted by Gasteiger charge is 2.39. The molecule has 2 aromatic heterocycles. The Bertz CT molecular complexity index is 936. The molecule has 1 amide bonds. The molecule has 3 aromatic rings. The molecule has 6 nitrogen and oxygen atoms in total. The minimum atomic E-state index is -0.0767. The van der Waals surface area contributed by atoms with Gasteiger partial charge in [0.2, 0.25) is 0 Å². The van der Waals surface area contributed by atoms with Crippen LogP contribution in [-0.4, -0.2) is 51.2 Å². The molecule has 2 aliphatic heterocycles. The van der Waals surface area contributed by atoms with Gasteiger partial charge in [0.1, 0.15) is 5.01 Å². The summed E-state index contributed by atoms with van der Waals surface area (Å²) in [5, 5.41) is 14.3. The molecule has 4 heterocycles. The van der Waals surface area contributed by atoms with Crippen LogP contribution < -0.4 is 5.32 Å². The second-order valence-corrected chi connectivity index (χ2v) is 8.26. The molecule has 1 aromatic carbocycles. The monoisotopic (exact) mass is 367 g/mol. The molecule has 2 N–H and O–H groups in total. The molecule has 5 rings (SSSR count). The molecule has 2 saturated heterocycles. The molecule has 2 fully saturated rings. The van der Waals surface area contributed by atoms with Crippen LogP contribution in [0.25, 0.3) is 21.5 Å². The van der Waals surface area contributed by atoms with Gasteiger partial charge in [-0.25, -0.2) is 4.98 Å². The van der Waals surface area contributed by atoms with Gasteiger partial charge >= 0.3 is 0 Å². The van der Waals surface area contributed by atoms with E-state index in [1.54, 1.807) is 17.5 Å². The number of aromatic amines is 1. The number of rotatable bonds is 3. The third kappa shape index (κ3) is 2.62. The van der Waals surface area contributed by atoms with Crippen molar-refractivity contribution in [3.63, 3.8) is 0 Å². The van der Waals surface area contributed by atoms with Gasteiger partial charge in [-0.15, -0.1) is 11.3 Å². The van der Waals surface area contributed by atoms with Crippen LogP contribution >= 0.6 is 11.3 Å². The van der Waals surface area contributed by atoms with E-state index in [0.29, 0.717) is 17.8 Å². The number of hydrogen-bond donors (Lipinski definition) is 2. The van der Waals surface area contributed by atoms with Crippen LogP contribution in [0.3, 0.4) is 0 Å². The maximum atomic E-state index is 12.8. The van der Waals surface area contributed by atoms with Gasteiger partial charge in [0.05, 0.1) is 5.52 Å². The van der Waals surface area contributed by atoms with Crippen LogP contribution in [0.2, 0.25) is 0 Å². The Hall–Kier alpha value is -2.25. The first-order chi connectivity index (χ1) is 12.7. The van der Waals surface area contributed by atoms with Crippen LogP contribution in [0.1, 0.15) is 36.2 Å². The Morgan fingerprint density at radius 3 is 2.85 bits per heavy atom. The van der Waals surface area contributed by atoms with E-state index in [2.05, 4.69) is 32.4 Å². The van der Waals surface area contributed by atoms with E-state index in [1.165, 1.54) is 12.8 Å². The number of fused-ring (bicyclic) bond motifs is 3. The minimum Gasteiger partial charge on any atom is -0.348 e. The summed E-state index contributed by atoms with van der Waals surface area (Å²) in [6, 6.07) is 7.43. The van der Waals surface area contributed by atoms with Crippen molar-refractivity contribution in [1.29, 1.82) is 0 Å². The molecule has 2 bridgehead atoms. The first-order valence-corrected chi connectivity index (χ1v) is 9.98. The molecule has 0 saturated carbocycles. The maximum Gasteiger partial charge on any atom is 0.272 e. The first-order valence-electron chi connectivity index (χ1n) is 9.10. The quantitative estimate of drug-likeness (QED) is 0.746. The summed E-state index contributed by atoms with van der Waals surface area (Å²) in [5.41, 5.74) is 2.39. The smallest absolute Gasteiger partial charge is 0.272 e. The molecule has 7 heteroatoms. The average Bonchev–Trinajstić information content (AvgIpc) is 3.34. The lowest BCUT2D eigenvalue weighted by molar-refractivity contribution is 0.0879. The van der Waals surface area contributed by atoms with Gasteiger partial charge < -0.3 is 10.2 Å². The fraction of sp³-hybridized carbons (Fsp3) is 0.421. The Kier molecular flexibility index (Phi) is 3.79. The van der Waals surface area contributed by atoms with Gasteiger partial charge in [0, 0.05) is 40.7 Å². The lowest BCUT2D eigenvalue weighted by Gasteiger charge is -2.36. The lowest BCUT2D eigenvalue weighted by Crippen LogP contribution is -2.48. The number of nitrogens with zero attached hydrogens (tertiary/aromatic N) is 3. The number of aromatic nitrogens is 3. The van der Waals surface area contributed by atoms with E-state index in [1.807, 2.05) is 23.6 Å². The molecule has 2 aliphatic rings. The van der Waals surface area contributed by atoms with E-state index in [4.69, 9.17) is 0 Å². The molecule has 2 atom stereocenters. The highest BCUT2D eigenvalue weighted by atomic mass is 32.1. The predicted octanol–water partition coefficient (Wildman–Crippen LogP) is 3.04. The number of benzene rings is 1. The van der Waals surface area contributed by atoms with E-state index < -0.39 is 0 Å². The molecule has 0 aliphatic carbocycles. The second-order valence-electron chi connectivity index (χ2n) is 7.36. The van der Waals surface area contributed by atoms with Crippen LogP contribution in [-0.2, 0) is 0 Å². The molecular formula is C19H21N5OS. The van der Waals surface area contributed by atoms with E-state index in [-0.39, 0.29) is 11.9 Å². The van der Waals surface area contributed by atoms with Gasteiger partial charge in [0.15, 0.2) is 5.69 Å². The van der Waals surface area contributed by atoms with Crippen molar-refractivity contribution in [2.24, 2.45) is 0 Å². The van der Waals surface area contributed by atoms with Crippen molar-refractivity contribution in [2.75, 3.05) is 7.05 Å². The number of H-pyrrole nitrogens is 1. The summed E-state index contributed by atoms with van der Waals surface area (Å²) in [6.45, 7) is 0. The van der Waals surface area contributed by atoms with Crippen LogP contribution in [0, 0.1) is 0 Å². The molecule has 134 valence electrons. The standard InChI is InChI=1S/C19H21N5OS/c1-24-13-3-4-14(24)10-12(9-13)21-18(25)17-15-5-2-11(8-16(15)22-23-17)19-20-6-7-26-19/h2,5-8,12-14H,3-4,9-10H2,1H3,(H,21,25)(H,22,23). The van der Waals surface area contributed by atoms with Crippen LogP contribution in [0.4, 0.5) is 0 Å². The zero-order valence-electron chi connectivity index (χ0n) is 14.6. The van der Waals surface area contributed by atoms with Gasteiger partial charge in [-0.3, -0.25) is 9.89 Å². The highest BCUT2D eigenvalue weighted by molar-refractivity contribution is 7.13. The third-order valence-corrected chi connectivity index (χ3v) is 6.71. The fourth-order valence-corrected chi connectivity index (χ4v) is 5.11. The van der Waals surface area contributed by atoms with Crippen molar-refractivity contribution in [2.45, 2.75) is 43.8 Å². The molecular weight excluding hydrogens is 346 g/mol. The van der Waals surface area contributed by atoms with Crippen LogP contribution in [0.15, 0.2) is 29.8 Å². The number of nitrogens with one attached hydrogen (secondary N) is 2. The lowest BCUT2D eigenvalue weighted by atomic mass is 9.98. The largest absolute Gasteiger partial charge is 0.348 e. The minimum absolute atomic E-state index is 0.0767. The number of carbonyl (C=O) groups is 1. The predicted molar refractivity (Wildman–Crippen MR) is 102 cm³/mol. The molecule has 2 unspecified atom stereocenters. The van der Waals surface area contributed by atoms with Crippen molar-refractivity contribution in [3.8, 4) is 10.6 Å². The number of thiazole rings is 1. The van der Waals surface area contributed by atoms with Crippen molar-refractivity contribution in [1.82, 2.24) is 25.4 Å². The van der Waals surface area contributed by atoms with Gasteiger partial charge in [-0.2, -0.15) is 5.10 Å². The number of piperidine rings is 1. The summed E-state index contributed by atoms with van der Waals surface area (Å²) in [7, 11) is 2.21. The van der Waals surface area contributed by atoms with Crippen LogP contribution in [0.5, 0.6) is 0 Å². The van der Waals surface area contributed by atoms with E-state index in [9.17, 15) is 4.79 Å². The van der Waals surface area contributed by atoms with Crippen molar-refractivity contribution < 1.29 is 4.79 Å². The first kappa shape index (κ1) is 16.0. The number of carbonyl (C=O) groups excluding carboxylic acids is 1. The second kappa shape index (κ2) is 6.17. The zero-order chi connectivity index (χ0) is 17.7. The van der Waals surface area contributed by atoms with Crippen molar-refractivity contribution in [3.05, 3.63) is 35.5 Å². The highest BCUT2D eigenvalue weighted by Crippen LogP contribution is 2.34. The summed E-state index contributed by atoms with van der Waals surface area (Å²) < 4.78 is 0. The Balaban J connectivity index is 1.36. The number of amides is 1. The third-order valence-electron chi connectivity index (χ3n) is 5.89. The molecule has 0 radical (unpaired) electrons. The number of hydrogen-bond acceptors (Lipinski definition) is 5. The summed E-state index contributed by atoms with van der Waals surface area (Å²) >= 11 is 1.60. The topological polar surface area (TPSA) is 73.9 Å². The molecule has 0 spiro atoms. The van der Waals surface area contributed by atoms with E-state index >= 15 is 0 Å². The maximum absolute atomic E-state index is 12.8. The average molecular weight is 367 g/mol. The Morgan fingerprint density at radius 2 is 2.12 bits per heavy atom. The fourth-order valence-electron chi connectivity index (χ4n) is 4.47. The Morgan fingerprint density at radius 1 is 1.31 bits per heavy atom. The summed E-state index contributed by atoms with van der Waals surface area (Å²) in [6.07, 6.45) is 6.37. The normalized spacial score (nSPS) is 25.7. The van der Waals surface area contributed by atoms with Gasteiger partial charge in [-0.1, -0.05) is 6.07 Å². The van der Waals surface area contributed by atoms with Gasteiger partial charge in [-0.05, 0) is 44.9 Å².